The molecule has 2 unspecified atom stereocenters. The molecule has 51 heavy (non-hydrogen) atoms. The van der Waals surface area contributed by atoms with Gasteiger partial charge in [-0.2, -0.15) is 0 Å². The summed E-state index contributed by atoms with van der Waals surface area (Å²) in [5, 5.41) is 0. The molecular formula is C39H34Br2N8O2. The number of methoxy groups -OCH3 is 1. The summed E-state index contributed by atoms with van der Waals surface area (Å²) in [6, 6.07) is 23.7. The molecule has 0 bridgehead atoms. The van der Waals surface area contributed by atoms with Gasteiger partial charge in [0.1, 0.15) is 17.7 Å². The highest BCUT2D eigenvalue weighted by Crippen LogP contribution is 2.37. The molecule has 6 heterocycles. The van der Waals surface area contributed by atoms with Crippen molar-refractivity contribution in [2.45, 2.75) is 39.8 Å². The van der Waals surface area contributed by atoms with Crippen molar-refractivity contribution in [3.8, 4) is 11.4 Å². The highest BCUT2D eigenvalue weighted by Gasteiger charge is 2.32. The summed E-state index contributed by atoms with van der Waals surface area (Å²) in [5.41, 5.74) is 9.59. The van der Waals surface area contributed by atoms with Crippen LogP contribution in [0.3, 0.4) is 0 Å². The van der Waals surface area contributed by atoms with E-state index in [2.05, 4.69) is 92.1 Å². The SMILES string of the molecule is COC(=O)CC(C)C1N=C(c2ccccn2)c2cc(Br)ccc2-n2c(C)cnc21.Cc1cnc2n1-c1ccc(Br)cc1C(c1ccccn1)=NC2. The molecule has 0 spiro atoms. The van der Waals surface area contributed by atoms with E-state index in [-0.39, 0.29) is 24.3 Å². The van der Waals surface area contributed by atoms with Crippen molar-refractivity contribution >= 4 is 49.3 Å². The molecule has 10 nitrogen and oxygen atoms in total. The first-order valence-corrected chi connectivity index (χ1v) is 18.0. The predicted molar refractivity (Wildman–Crippen MR) is 204 cm³/mol. The van der Waals surface area contributed by atoms with Crippen molar-refractivity contribution in [1.82, 2.24) is 29.1 Å². The predicted octanol–water partition coefficient (Wildman–Crippen LogP) is 8.12. The molecule has 0 saturated heterocycles. The van der Waals surface area contributed by atoms with Crippen molar-refractivity contribution in [2.24, 2.45) is 15.9 Å². The van der Waals surface area contributed by atoms with Crippen molar-refractivity contribution in [3.63, 3.8) is 0 Å². The maximum absolute atomic E-state index is 12.0. The highest BCUT2D eigenvalue weighted by atomic mass is 79.9. The number of pyridine rings is 2. The third-order valence-corrected chi connectivity index (χ3v) is 9.85. The zero-order valence-electron chi connectivity index (χ0n) is 28.5. The minimum Gasteiger partial charge on any atom is -0.469 e. The van der Waals surface area contributed by atoms with Gasteiger partial charge < -0.3 is 4.74 Å². The second kappa shape index (κ2) is 14.7. The average molecular weight is 807 g/mol. The number of rotatable bonds is 5. The molecular weight excluding hydrogens is 772 g/mol. The Morgan fingerprint density at radius 2 is 1.39 bits per heavy atom. The number of ether oxygens (including phenoxy) is 1. The van der Waals surface area contributed by atoms with Gasteiger partial charge in [-0.25, -0.2) is 9.97 Å². The molecule has 4 aromatic heterocycles. The molecule has 2 aromatic carbocycles. The standard InChI is InChI=1S/C22H21BrN4O2.C17H13BrN4/c1-13(10-19(28)29-3)20-22-25-12-14(2)27(22)18-8-7-15(23)11-16(18)21(26-20)17-6-4-5-9-24-17;1-11-9-20-16-10-21-17(14-4-2-3-7-19-14)13-8-12(18)5-6-15(13)22(11)16/h4-9,11-13,20H,10H2,1-3H3;2-9H,10H2,1H3. The van der Waals surface area contributed by atoms with Crippen LogP contribution in [0.2, 0.25) is 0 Å². The van der Waals surface area contributed by atoms with E-state index in [4.69, 9.17) is 14.7 Å². The Morgan fingerprint density at radius 3 is 2.02 bits per heavy atom. The molecule has 12 heteroatoms. The number of aromatic nitrogens is 6. The van der Waals surface area contributed by atoms with E-state index in [1.165, 1.54) is 7.11 Å². The van der Waals surface area contributed by atoms with E-state index >= 15 is 0 Å². The zero-order chi connectivity index (χ0) is 35.6. The minimum absolute atomic E-state index is 0.0977. The van der Waals surface area contributed by atoms with Gasteiger partial charge >= 0.3 is 5.97 Å². The van der Waals surface area contributed by atoms with Gasteiger partial charge in [0.05, 0.1) is 54.3 Å². The van der Waals surface area contributed by atoms with Crippen molar-refractivity contribution < 1.29 is 9.53 Å². The molecule has 0 radical (unpaired) electrons. The fourth-order valence-corrected chi connectivity index (χ4v) is 7.18. The Kier molecular flexibility index (Phi) is 9.88. The van der Waals surface area contributed by atoms with Crippen LogP contribution in [0, 0.1) is 19.8 Å². The maximum Gasteiger partial charge on any atom is 0.305 e. The second-order valence-corrected chi connectivity index (χ2v) is 14.2. The monoisotopic (exact) mass is 804 g/mol. The molecule has 0 aliphatic carbocycles. The van der Waals surface area contributed by atoms with E-state index in [1.54, 1.807) is 12.4 Å². The van der Waals surface area contributed by atoms with Crippen LogP contribution in [0.5, 0.6) is 0 Å². The summed E-state index contributed by atoms with van der Waals surface area (Å²) in [6.45, 7) is 6.64. The molecule has 0 amide bonds. The third-order valence-electron chi connectivity index (χ3n) is 8.87. The Hall–Kier alpha value is -5.07. The lowest BCUT2D eigenvalue weighted by Crippen LogP contribution is -2.17. The summed E-state index contributed by atoms with van der Waals surface area (Å²) in [6.07, 6.45) is 7.55. The van der Waals surface area contributed by atoms with Crippen LogP contribution in [0.4, 0.5) is 0 Å². The number of nitrogens with zero attached hydrogens (tertiary/aromatic N) is 8. The van der Waals surface area contributed by atoms with E-state index in [1.807, 2.05) is 74.8 Å². The van der Waals surface area contributed by atoms with Gasteiger partial charge in [0.15, 0.2) is 0 Å². The number of aliphatic imine (C=N–C) groups is 2. The van der Waals surface area contributed by atoms with Gasteiger partial charge in [0.25, 0.3) is 0 Å². The molecule has 6 aromatic rings. The largest absolute Gasteiger partial charge is 0.469 e. The van der Waals surface area contributed by atoms with E-state index in [0.717, 1.165) is 77.3 Å². The van der Waals surface area contributed by atoms with Crippen LogP contribution in [-0.4, -0.2) is 53.6 Å². The third kappa shape index (κ3) is 6.85. The normalized spacial score (nSPS) is 14.9. The Labute approximate surface area is 312 Å². The number of imidazole rings is 2. The smallest absolute Gasteiger partial charge is 0.305 e. The van der Waals surface area contributed by atoms with Crippen molar-refractivity contribution in [1.29, 1.82) is 0 Å². The van der Waals surface area contributed by atoms with Crippen LogP contribution < -0.4 is 0 Å². The van der Waals surface area contributed by atoms with Gasteiger partial charge in [-0.05, 0) is 80.4 Å². The van der Waals surface area contributed by atoms with E-state index in [9.17, 15) is 4.79 Å². The quantitative estimate of drug-likeness (QED) is 0.163. The number of halogens is 2. The van der Waals surface area contributed by atoms with Gasteiger partial charge in [-0.15, -0.1) is 0 Å². The van der Waals surface area contributed by atoms with Crippen molar-refractivity contribution in [2.75, 3.05) is 7.11 Å². The summed E-state index contributed by atoms with van der Waals surface area (Å²) in [7, 11) is 1.41. The zero-order valence-corrected chi connectivity index (χ0v) is 31.6. The number of benzene rings is 2. The van der Waals surface area contributed by atoms with Crippen LogP contribution in [0.25, 0.3) is 11.4 Å². The van der Waals surface area contributed by atoms with Gasteiger partial charge in [-0.3, -0.25) is 33.9 Å². The highest BCUT2D eigenvalue weighted by molar-refractivity contribution is 9.10. The Morgan fingerprint density at radius 1 is 0.804 bits per heavy atom. The van der Waals surface area contributed by atoms with Crippen LogP contribution >= 0.6 is 31.9 Å². The molecule has 0 N–H and O–H groups in total. The number of esters is 1. The van der Waals surface area contributed by atoms with Crippen molar-refractivity contribution in [3.05, 3.63) is 152 Å². The lowest BCUT2D eigenvalue weighted by Gasteiger charge is -2.19. The average Bonchev–Trinajstić information content (AvgIpc) is 3.60. The molecule has 0 saturated carbocycles. The number of carbonyl (C=O) groups is 1. The fraction of sp³-hybridized carbons (Fsp3) is 0.205. The molecule has 0 fully saturated rings. The number of aryl methyl sites for hydroxylation is 2. The summed E-state index contributed by atoms with van der Waals surface area (Å²) >= 11 is 7.15. The molecule has 8 rings (SSSR count). The lowest BCUT2D eigenvalue weighted by atomic mass is 9.97. The fourth-order valence-electron chi connectivity index (χ4n) is 6.46. The molecule has 2 aliphatic heterocycles. The molecule has 2 atom stereocenters. The number of hydrogen-bond acceptors (Lipinski definition) is 8. The lowest BCUT2D eigenvalue weighted by molar-refractivity contribution is -0.141. The number of carbonyl (C=O) groups excluding carboxylic acids is 1. The Bertz CT molecular complexity index is 2300. The van der Waals surface area contributed by atoms with Gasteiger partial charge in [-0.1, -0.05) is 50.9 Å². The van der Waals surface area contributed by atoms with Crippen LogP contribution in [-0.2, 0) is 16.1 Å². The Balaban J connectivity index is 0.000000165. The summed E-state index contributed by atoms with van der Waals surface area (Å²) in [4.78, 5) is 40.0. The van der Waals surface area contributed by atoms with E-state index in [0.29, 0.717) is 6.54 Å². The molecule has 2 aliphatic rings. The van der Waals surface area contributed by atoms with Gasteiger partial charge in [0.2, 0.25) is 0 Å². The first-order chi connectivity index (χ1) is 24.7. The number of hydrogen-bond donors (Lipinski definition) is 0. The molecule has 256 valence electrons. The first-order valence-electron chi connectivity index (χ1n) is 16.4. The minimum atomic E-state index is -0.314. The van der Waals surface area contributed by atoms with E-state index < -0.39 is 0 Å². The first kappa shape index (κ1) is 34.4. The van der Waals surface area contributed by atoms with Gasteiger partial charge in [0, 0.05) is 56.2 Å². The maximum atomic E-state index is 12.0. The summed E-state index contributed by atoms with van der Waals surface area (Å²) < 4.78 is 11.2. The van der Waals surface area contributed by atoms with Crippen LogP contribution in [0.1, 0.15) is 64.9 Å². The summed E-state index contributed by atoms with van der Waals surface area (Å²) in [5.74, 6) is 1.41. The number of fused-ring (bicyclic) bond motifs is 6. The van der Waals surface area contributed by atoms with Crippen LogP contribution in [0.15, 0.2) is 117 Å². The second-order valence-electron chi connectivity index (χ2n) is 12.3. The topological polar surface area (TPSA) is 112 Å².